The molecule has 1 unspecified atom stereocenters. The molecule has 0 saturated heterocycles. The number of hydrogen-bond donors (Lipinski definition) is 2. The van der Waals surface area contributed by atoms with E-state index in [0.29, 0.717) is 6.42 Å². The van der Waals surface area contributed by atoms with Crippen LogP contribution < -0.4 is 5.32 Å². The zero-order valence-electron chi connectivity index (χ0n) is 15.8. The van der Waals surface area contributed by atoms with Gasteiger partial charge in [-0.2, -0.15) is 0 Å². The smallest absolute Gasteiger partial charge is 0.221 e. The Kier molecular flexibility index (Phi) is 4.50. The number of halogens is 1. The number of aryl methyl sites for hydroxylation is 1. The van der Waals surface area contributed by atoms with E-state index in [4.69, 9.17) is 0 Å². The lowest BCUT2D eigenvalue weighted by Crippen LogP contribution is -2.41. The van der Waals surface area contributed by atoms with Gasteiger partial charge in [-0.15, -0.1) is 0 Å². The summed E-state index contributed by atoms with van der Waals surface area (Å²) in [4.78, 5) is 16.1. The summed E-state index contributed by atoms with van der Waals surface area (Å²) in [6.45, 7) is 4.20. The third kappa shape index (κ3) is 3.61. The fourth-order valence-corrected chi connectivity index (χ4v) is 4.18. The fraction of sp³-hybridized carbons (Fsp3) is 0.348. The first-order valence-electron chi connectivity index (χ1n) is 9.56. The van der Waals surface area contributed by atoms with Crippen LogP contribution in [0.5, 0.6) is 0 Å². The van der Waals surface area contributed by atoms with Crippen LogP contribution in [0.4, 0.5) is 4.39 Å². The lowest BCUT2D eigenvalue weighted by atomic mass is 9.81. The molecule has 1 atom stereocenters. The van der Waals surface area contributed by atoms with Gasteiger partial charge in [0, 0.05) is 29.1 Å². The van der Waals surface area contributed by atoms with Crippen molar-refractivity contribution in [2.75, 3.05) is 0 Å². The van der Waals surface area contributed by atoms with Crippen molar-refractivity contribution in [3.8, 4) is 0 Å². The Morgan fingerprint density at radius 3 is 2.78 bits per heavy atom. The highest BCUT2D eigenvalue weighted by Crippen LogP contribution is 2.31. The monoisotopic (exact) mass is 364 g/mol. The highest BCUT2D eigenvalue weighted by Gasteiger charge is 2.28. The number of rotatable bonds is 4. The molecule has 2 N–H and O–H groups in total. The van der Waals surface area contributed by atoms with Gasteiger partial charge in [-0.1, -0.05) is 44.2 Å². The quantitative estimate of drug-likeness (QED) is 0.695. The minimum Gasteiger partial charge on any atom is -0.358 e. The molecule has 1 aliphatic carbocycles. The Labute approximate surface area is 159 Å². The molecule has 1 amide bonds. The number of aromatic nitrogens is 1. The van der Waals surface area contributed by atoms with Crippen molar-refractivity contribution in [1.82, 2.24) is 10.3 Å². The molecule has 0 bridgehead atoms. The van der Waals surface area contributed by atoms with Gasteiger partial charge in [-0.3, -0.25) is 4.79 Å². The van der Waals surface area contributed by atoms with E-state index in [1.165, 1.54) is 11.8 Å². The molecule has 0 saturated carbocycles. The maximum absolute atomic E-state index is 13.7. The van der Waals surface area contributed by atoms with E-state index < -0.39 is 0 Å². The number of benzene rings is 2. The van der Waals surface area contributed by atoms with Gasteiger partial charge in [-0.05, 0) is 54.0 Å². The SMILES string of the molecule is CC(C)(CC(=O)NC1CCc2[nH]c3ccc(F)cc3c2C1)c1ccccc1. The van der Waals surface area contributed by atoms with Crippen LogP contribution in [0.3, 0.4) is 0 Å². The maximum Gasteiger partial charge on any atom is 0.221 e. The molecule has 2 aromatic carbocycles. The minimum atomic E-state index is -0.222. The van der Waals surface area contributed by atoms with Gasteiger partial charge < -0.3 is 10.3 Å². The normalized spacial score (nSPS) is 16.9. The number of fused-ring (bicyclic) bond motifs is 3. The zero-order chi connectivity index (χ0) is 19.0. The van der Waals surface area contributed by atoms with Gasteiger partial charge >= 0.3 is 0 Å². The molecule has 4 rings (SSSR count). The van der Waals surface area contributed by atoms with Crippen molar-refractivity contribution in [2.45, 2.75) is 51.0 Å². The summed E-state index contributed by atoms with van der Waals surface area (Å²) < 4.78 is 13.7. The van der Waals surface area contributed by atoms with Crippen LogP contribution >= 0.6 is 0 Å². The lowest BCUT2D eigenvalue weighted by Gasteiger charge is -2.28. The Bertz CT molecular complexity index is 975. The van der Waals surface area contributed by atoms with Crippen molar-refractivity contribution in [3.63, 3.8) is 0 Å². The van der Waals surface area contributed by atoms with Crippen LogP contribution in [-0.4, -0.2) is 16.9 Å². The van der Waals surface area contributed by atoms with E-state index in [1.54, 1.807) is 12.1 Å². The number of hydrogen-bond acceptors (Lipinski definition) is 1. The molecule has 1 aromatic heterocycles. The number of carbonyl (C=O) groups excluding carboxylic acids is 1. The van der Waals surface area contributed by atoms with Crippen LogP contribution in [0.25, 0.3) is 10.9 Å². The topological polar surface area (TPSA) is 44.9 Å². The van der Waals surface area contributed by atoms with Crippen molar-refractivity contribution < 1.29 is 9.18 Å². The van der Waals surface area contributed by atoms with Gasteiger partial charge in [0.15, 0.2) is 0 Å². The van der Waals surface area contributed by atoms with E-state index in [1.807, 2.05) is 18.2 Å². The van der Waals surface area contributed by atoms with Gasteiger partial charge in [-0.25, -0.2) is 4.39 Å². The molecule has 4 heteroatoms. The largest absolute Gasteiger partial charge is 0.358 e. The van der Waals surface area contributed by atoms with E-state index in [9.17, 15) is 9.18 Å². The molecular weight excluding hydrogens is 339 g/mol. The van der Waals surface area contributed by atoms with Crippen LogP contribution in [-0.2, 0) is 23.1 Å². The second-order valence-electron chi connectivity index (χ2n) is 8.21. The van der Waals surface area contributed by atoms with E-state index in [2.05, 4.69) is 36.3 Å². The number of carbonyl (C=O) groups is 1. The average molecular weight is 364 g/mol. The summed E-state index contributed by atoms with van der Waals surface area (Å²) >= 11 is 0. The zero-order valence-corrected chi connectivity index (χ0v) is 15.8. The molecule has 1 aliphatic rings. The van der Waals surface area contributed by atoms with Crippen molar-refractivity contribution in [1.29, 1.82) is 0 Å². The number of nitrogens with one attached hydrogen (secondary N) is 2. The Morgan fingerprint density at radius 1 is 1.22 bits per heavy atom. The van der Waals surface area contributed by atoms with Gasteiger partial charge in [0.1, 0.15) is 5.82 Å². The third-order valence-corrected chi connectivity index (χ3v) is 5.67. The number of amides is 1. The second-order valence-corrected chi connectivity index (χ2v) is 8.21. The maximum atomic E-state index is 13.7. The summed E-state index contributed by atoms with van der Waals surface area (Å²) in [5.41, 5.74) is 4.24. The standard InChI is InChI=1S/C23H25FN2O/c1-23(2,15-6-4-3-5-7-15)14-22(27)25-17-9-11-21-19(13-17)18-12-16(24)8-10-20(18)26-21/h3-8,10,12,17,26H,9,11,13-14H2,1-2H3,(H,25,27). The summed E-state index contributed by atoms with van der Waals surface area (Å²) in [5, 5.41) is 4.15. The Morgan fingerprint density at radius 2 is 2.00 bits per heavy atom. The Hall–Kier alpha value is -2.62. The Balaban J connectivity index is 1.46. The number of H-pyrrole nitrogens is 1. The first-order valence-corrected chi connectivity index (χ1v) is 9.56. The summed E-state index contributed by atoms with van der Waals surface area (Å²) in [6, 6.07) is 15.1. The average Bonchev–Trinajstić information content (AvgIpc) is 2.99. The highest BCUT2D eigenvalue weighted by molar-refractivity contribution is 5.85. The van der Waals surface area contributed by atoms with Crippen LogP contribution in [0.2, 0.25) is 0 Å². The fourth-order valence-electron chi connectivity index (χ4n) is 4.18. The van der Waals surface area contributed by atoms with Crippen LogP contribution in [0, 0.1) is 5.82 Å². The van der Waals surface area contributed by atoms with E-state index in [-0.39, 0.29) is 23.2 Å². The van der Waals surface area contributed by atoms with Gasteiger partial charge in [0.25, 0.3) is 0 Å². The summed E-state index contributed by atoms with van der Waals surface area (Å²) in [7, 11) is 0. The third-order valence-electron chi connectivity index (χ3n) is 5.67. The first kappa shape index (κ1) is 17.8. The van der Waals surface area contributed by atoms with E-state index in [0.717, 1.165) is 41.3 Å². The molecule has 0 fully saturated rings. The predicted octanol–water partition coefficient (Wildman–Crippen LogP) is 4.65. The molecule has 0 radical (unpaired) electrons. The molecule has 27 heavy (non-hydrogen) atoms. The van der Waals surface area contributed by atoms with Gasteiger partial charge in [0.05, 0.1) is 0 Å². The number of aromatic amines is 1. The highest BCUT2D eigenvalue weighted by atomic mass is 19.1. The molecule has 3 nitrogen and oxygen atoms in total. The molecule has 140 valence electrons. The van der Waals surface area contributed by atoms with Crippen molar-refractivity contribution in [2.24, 2.45) is 0 Å². The molecule has 3 aromatic rings. The second kappa shape index (κ2) is 6.84. The molecule has 0 spiro atoms. The van der Waals surface area contributed by atoms with Crippen LogP contribution in [0.1, 0.15) is 43.5 Å². The molecule has 1 heterocycles. The van der Waals surface area contributed by atoms with Crippen LogP contribution in [0.15, 0.2) is 48.5 Å². The van der Waals surface area contributed by atoms with Crippen molar-refractivity contribution in [3.05, 3.63) is 71.2 Å². The summed E-state index contributed by atoms with van der Waals surface area (Å²) in [5.74, 6) is -0.150. The molecular formula is C23H25FN2O. The van der Waals surface area contributed by atoms with E-state index >= 15 is 0 Å². The lowest BCUT2D eigenvalue weighted by molar-refractivity contribution is -0.122. The van der Waals surface area contributed by atoms with Gasteiger partial charge in [0.2, 0.25) is 5.91 Å². The van der Waals surface area contributed by atoms with Crippen molar-refractivity contribution >= 4 is 16.8 Å². The predicted molar refractivity (Wildman–Crippen MR) is 106 cm³/mol. The first-order chi connectivity index (χ1) is 12.9. The molecule has 0 aliphatic heterocycles. The summed E-state index contributed by atoms with van der Waals surface area (Å²) in [6.07, 6.45) is 2.97. The minimum absolute atomic E-state index is 0.0725.